The number of rotatable bonds is 3. The van der Waals surface area contributed by atoms with Crippen molar-refractivity contribution in [2.75, 3.05) is 38.1 Å². The quantitative estimate of drug-likeness (QED) is 0.913. The number of nitrogens with one attached hydrogen (secondary N) is 1. The molecule has 1 unspecified atom stereocenters. The number of hydrogen-bond donors (Lipinski definition) is 1. The number of anilines is 1. The summed E-state index contributed by atoms with van der Waals surface area (Å²) in [5.41, 5.74) is 0.0209. The van der Waals surface area contributed by atoms with Gasteiger partial charge in [0.1, 0.15) is 5.69 Å². The molecule has 2 saturated heterocycles. The highest BCUT2D eigenvalue weighted by atomic mass is 32.1. The van der Waals surface area contributed by atoms with E-state index in [4.69, 9.17) is 0 Å². The Kier molecular flexibility index (Phi) is 4.57. The highest BCUT2D eigenvalue weighted by Gasteiger charge is 2.42. The summed E-state index contributed by atoms with van der Waals surface area (Å²) in [6, 6.07) is 0. The molecule has 2 amide bonds. The fraction of sp³-hybridized carbons (Fsp3) is 0.688. The lowest BCUT2D eigenvalue weighted by molar-refractivity contribution is -0.128. The van der Waals surface area contributed by atoms with Crippen molar-refractivity contribution in [3.8, 4) is 0 Å². The summed E-state index contributed by atoms with van der Waals surface area (Å²) in [5.74, 6) is -0.0581. The molecule has 0 aromatic carbocycles. The third-order valence-electron chi connectivity index (χ3n) is 4.87. The van der Waals surface area contributed by atoms with Gasteiger partial charge in [0, 0.05) is 38.6 Å². The Labute approximate surface area is 140 Å². The summed E-state index contributed by atoms with van der Waals surface area (Å²) in [5, 5.41) is 5.49. The monoisotopic (exact) mass is 336 g/mol. The predicted molar refractivity (Wildman–Crippen MR) is 90.9 cm³/mol. The van der Waals surface area contributed by atoms with Gasteiger partial charge in [0.2, 0.25) is 5.91 Å². The molecule has 1 aromatic rings. The fourth-order valence-corrected chi connectivity index (χ4v) is 4.23. The van der Waals surface area contributed by atoms with Crippen LogP contribution < -0.4 is 10.2 Å². The third-order valence-corrected chi connectivity index (χ3v) is 5.77. The molecule has 1 atom stereocenters. The molecule has 126 valence electrons. The highest BCUT2D eigenvalue weighted by Crippen LogP contribution is 2.32. The van der Waals surface area contributed by atoms with Crippen molar-refractivity contribution < 1.29 is 9.59 Å². The first-order valence-electron chi connectivity index (χ1n) is 8.25. The lowest BCUT2D eigenvalue weighted by Crippen LogP contribution is -2.40. The molecule has 7 heteroatoms. The zero-order chi connectivity index (χ0) is 16.4. The van der Waals surface area contributed by atoms with Gasteiger partial charge in [-0.25, -0.2) is 4.98 Å². The van der Waals surface area contributed by atoms with E-state index in [1.165, 1.54) is 19.3 Å². The molecule has 1 N–H and O–H groups in total. The Balaban J connectivity index is 1.67. The van der Waals surface area contributed by atoms with E-state index in [1.54, 1.807) is 23.3 Å². The maximum Gasteiger partial charge on any atom is 0.273 e. The molecule has 0 radical (unpaired) electrons. The van der Waals surface area contributed by atoms with Crippen molar-refractivity contribution in [2.24, 2.45) is 5.41 Å². The van der Waals surface area contributed by atoms with E-state index >= 15 is 0 Å². The average Bonchev–Trinajstić information content (AvgIpc) is 3.22. The van der Waals surface area contributed by atoms with Crippen LogP contribution in [0.3, 0.4) is 0 Å². The molecule has 0 bridgehead atoms. The van der Waals surface area contributed by atoms with Crippen LogP contribution in [0.15, 0.2) is 5.38 Å². The number of thiazole rings is 1. The minimum Gasteiger partial charge on any atom is -0.359 e. The second-order valence-electron chi connectivity index (χ2n) is 6.68. The molecule has 23 heavy (non-hydrogen) atoms. The lowest BCUT2D eigenvalue weighted by atomic mass is 9.89. The van der Waals surface area contributed by atoms with Gasteiger partial charge in [0.15, 0.2) is 5.13 Å². The molecule has 3 rings (SSSR count). The zero-order valence-electron chi connectivity index (χ0n) is 13.8. The van der Waals surface area contributed by atoms with Gasteiger partial charge in [0.25, 0.3) is 5.91 Å². The number of piperidine rings is 1. The number of hydrogen-bond acceptors (Lipinski definition) is 5. The molecular weight excluding hydrogens is 312 g/mol. The normalized spacial score (nSPS) is 24.8. The summed E-state index contributed by atoms with van der Waals surface area (Å²) >= 11 is 1.54. The largest absolute Gasteiger partial charge is 0.359 e. The van der Waals surface area contributed by atoms with E-state index in [2.05, 4.69) is 15.2 Å². The molecule has 2 aliphatic rings. The van der Waals surface area contributed by atoms with Gasteiger partial charge in [-0.1, -0.05) is 0 Å². The lowest BCUT2D eigenvalue weighted by Gasteiger charge is -2.25. The second kappa shape index (κ2) is 6.47. The maximum absolute atomic E-state index is 12.7. The molecule has 2 fully saturated rings. The Morgan fingerprint density at radius 2 is 2.00 bits per heavy atom. The second-order valence-corrected chi connectivity index (χ2v) is 7.52. The first kappa shape index (κ1) is 16.2. The highest BCUT2D eigenvalue weighted by molar-refractivity contribution is 7.13. The van der Waals surface area contributed by atoms with Crippen molar-refractivity contribution in [2.45, 2.75) is 32.6 Å². The number of aromatic nitrogens is 1. The first-order valence-corrected chi connectivity index (χ1v) is 9.13. The molecule has 6 nitrogen and oxygen atoms in total. The van der Waals surface area contributed by atoms with Crippen LogP contribution in [-0.4, -0.2) is 54.9 Å². The van der Waals surface area contributed by atoms with Crippen LogP contribution in [0.1, 0.15) is 43.1 Å². The van der Waals surface area contributed by atoms with Gasteiger partial charge in [-0.15, -0.1) is 11.3 Å². The van der Waals surface area contributed by atoms with Crippen LogP contribution in [-0.2, 0) is 4.79 Å². The summed E-state index contributed by atoms with van der Waals surface area (Å²) in [6.45, 7) is 5.04. The Morgan fingerprint density at radius 3 is 2.70 bits per heavy atom. The first-order chi connectivity index (χ1) is 11.0. The molecule has 0 aliphatic carbocycles. The Bertz CT molecular complexity index is 597. The molecule has 0 saturated carbocycles. The number of nitrogens with zero attached hydrogens (tertiary/aromatic N) is 3. The van der Waals surface area contributed by atoms with Gasteiger partial charge in [0.05, 0.1) is 5.41 Å². The summed E-state index contributed by atoms with van der Waals surface area (Å²) < 4.78 is 0. The standard InChI is InChI=1S/C16H24N4O2S/c1-16(14(22)17-2)6-9-20(11-16)13(21)12-10-23-15(18-12)19-7-4-3-5-8-19/h10H,3-9,11H2,1-2H3,(H,17,22). The van der Waals surface area contributed by atoms with Crippen LogP contribution in [0.5, 0.6) is 0 Å². The van der Waals surface area contributed by atoms with Crippen molar-refractivity contribution in [1.29, 1.82) is 0 Å². The topological polar surface area (TPSA) is 65.5 Å². The summed E-state index contributed by atoms with van der Waals surface area (Å²) in [6.07, 6.45) is 4.36. The van der Waals surface area contributed by atoms with Crippen LogP contribution in [0.25, 0.3) is 0 Å². The minimum absolute atomic E-state index is 0.0000774. The maximum atomic E-state index is 12.7. The predicted octanol–water partition coefficient (Wildman–Crippen LogP) is 1.73. The Morgan fingerprint density at radius 1 is 1.26 bits per heavy atom. The van der Waals surface area contributed by atoms with Crippen LogP contribution in [0.4, 0.5) is 5.13 Å². The van der Waals surface area contributed by atoms with E-state index in [0.29, 0.717) is 25.2 Å². The van der Waals surface area contributed by atoms with E-state index in [-0.39, 0.29) is 11.8 Å². The molecular formula is C16H24N4O2S. The van der Waals surface area contributed by atoms with Gasteiger partial charge in [-0.3, -0.25) is 9.59 Å². The van der Waals surface area contributed by atoms with Crippen molar-refractivity contribution in [1.82, 2.24) is 15.2 Å². The smallest absolute Gasteiger partial charge is 0.273 e. The van der Waals surface area contributed by atoms with Gasteiger partial charge in [-0.05, 0) is 32.6 Å². The minimum atomic E-state index is -0.490. The van der Waals surface area contributed by atoms with E-state index in [9.17, 15) is 9.59 Å². The molecule has 3 heterocycles. The third kappa shape index (κ3) is 3.20. The van der Waals surface area contributed by atoms with Gasteiger partial charge < -0.3 is 15.1 Å². The number of carbonyl (C=O) groups is 2. The van der Waals surface area contributed by atoms with Crippen molar-refractivity contribution >= 4 is 28.3 Å². The Hall–Kier alpha value is -1.63. The van der Waals surface area contributed by atoms with Crippen LogP contribution in [0.2, 0.25) is 0 Å². The van der Waals surface area contributed by atoms with E-state index in [0.717, 1.165) is 18.2 Å². The SMILES string of the molecule is CNC(=O)C1(C)CCN(C(=O)c2csc(N3CCCCC3)n2)C1. The molecule has 2 aliphatic heterocycles. The van der Waals surface area contributed by atoms with Crippen LogP contribution >= 0.6 is 11.3 Å². The molecule has 1 aromatic heterocycles. The fourth-order valence-electron chi connectivity index (χ4n) is 3.38. The number of carbonyl (C=O) groups excluding carboxylic acids is 2. The van der Waals surface area contributed by atoms with Crippen molar-refractivity contribution in [3.63, 3.8) is 0 Å². The van der Waals surface area contributed by atoms with Crippen molar-refractivity contribution in [3.05, 3.63) is 11.1 Å². The average molecular weight is 336 g/mol. The van der Waals surface area contributed by atoms with Crippen LogP contribution in [0, 0.1) is 5.41 Å². The number of amides is 2. The summed E-state index contributed by atoms with van der Waals surface area (Å²) in [4.78, 5) is 33.2. The molecule has 0 spiro atoms. The summed E-state index contributed by atoms with van der Waals surface area (Å²) in [7, 11) is 1.64. The van der Waals surface area contributed by atoms with Gasteiger partial charge in [-0.2, -0.15) is 0 Å². The van der Waals surface area contributed by atoms with Gasteiger partial charge >= 0.3 is 0 Å². The zero-order valence-corrected chi connectivity index (χ0v) is 14.6. The van der Waals surface area contributed by atoms with E-state index in [1.807, 2.05) is 12.3 Å². The van der Waals surface area contributed by atoms with E-state index < -0.39 is 5.41 Å². The number of likely N-dealkylation sites (tertiary alicyclic amines) is 1.